The Labute approximate surface area is 102 Å². The van der Waals surface area contributed by atoms with Crippen molar-refractivity contribution in [2.45, 2.75) is 6.92 Å². The predicted octanol–water partition coefficient (Wildman–Crippen LogP) is 2.04. The average Bonchev–Trinajstić information content (AvgIpc) is 2.24. The van der Waals surface area contributed by atoms with Gasteiger partial charge < -0.3 is 9.64 Å². The minimum absolute atomic E-state index is 0.289. The number of hydrogen-bond acceptors (Lipinski definition) is 4. The van der Waals surface area contributed by atoms with Gasteiger partial charge in [0.05, 0.1) is 23.4 Å². The minimum atomic E-state index is 0.289. The van der Waals surface area contributed by atoms with Crippen molar-refractivity contribution in [3.8, 4) is 0 Å². The average molecular weight is 293 g/mol. The second-order valence-corrected chi connectivity index (χ2v) is 4.45. The molecular formula is C9H11BrClN3O. The number of aryl methyl sites for hydroxylation is 1. The molecule has 0 saturated carbocycles. The summed E-state index contributed by atoms with van der Waals surface area (Å²) in [6.45, 7) is 5.04. The Bertz CT molecular complexity index is 369. The van der Waals surface area contributed by atoms with Crippen LogP contribution >= 0.6 is 27.5 Å². The zero-order valence-corrected chi connectivity index (χ0v) is 10.7. The van der Waals surface area contributed by atoms with E-state index in [0.717, 1.165) is 42.3 Å². The molecule has 15 heavy (non-hydrogen) atoms. The molecule has 6 heteroatoms. The molecule has 2 heterocycles. The highest BCUT2D eigenvalue weighted by molar-refractivity contribution is 9.10. The lowest BCUT2D eigenvalue weighted by molar-refractivity contribution is 0.122. The number of rotatable bonds is 1. The van der Waals surface area contributed by atoms with Crippen molar-refractivity contribution < 1.29 is 4.74 Å². The van der Waals surface area contributed by atoms with Crippen LogP contribution in [0.25, 0.3) is 0 Å². The summed E-state index contributed by atoms with van der Waals surface area (Å²) in [6.07, 6.45) is 0. The first kappa shape index (κ1) is 11.1. The van der Waals surface area contributed by atoms with Gasteiger partial charge in [0.1, 0.15) is 5.82 Å². The van der Waals surface area contributed by atoms with E-state index < -0.39 is 0 Å². The first-order chi connectivity index (χ1) is 7.18. The van der Waals surface area contributed by atoms with Crippen molar-refractivity contribution in [3.05, 3.63) is 15.5 Å². The van der Waals surface area contributed by atoms with Crippen LogP contribution in [-0.4, -0.2) is 36.3 Å². The highest BCUT2D eigenvalue weighted by Gasteiger charge is 2.17. The maximum Gasteiger partial charge on any atom is 0.224 e. The molecule has 0 aliphatic carbocycles. The van der Waals surface area contributed by atoms with Gasteiger partial charge in [-0.05, 0) is 34.5 Å². The zero-order chi connectivity index (χ0) is 10.8. The van der Waals surface area contributed by atoms with Crippen molar-refractivity contribution in [1.29, 1.82) is 0 Å². The van der Waals surface area contributed by atoms with Crippen LogP contribution in [0.5, 0.6) is 0 Å². The van der Waals surface area contributed by atoms with Gasteiger partial charge in [-0.15, -0.1) is 0 Å². The second kappa shape index (κ2) is 4.63. The Balaban J connectivity index is 2.33. The van der Waals surface area contributed by atoms with Crippen molar-refractivity contribution in [1.82, 2.24) is 9.97 Å². The van der Waals surface area contributed by atoms with E-state index in [2.05, 4.69) is 30.8 Å². The first-order valence-electron chi connectivity index (χ1n) is 4.71. The monoisotopic (exact) mass is 291 g/mol. The number of anilines is 1. The van der Waals surface area contributed by atoms with Gasteiger partial charge in [0, 0.05) is 13.1 Å². The van der Waals surface area contributed by atoms with E-state index in [9.17, 15) is 0 Å². The lowest BCUT2D eigenvalue weighted by atomic mass is 10.3. The summed E-state index contributed by atoms with van der Waals surface area (Å²) in [5.41, 5.74) is 0.858. The maximum atomic E-state index is 5.84. The van der Waals surface area contributed by atoms with Gasteiger partial charge in [-0.2, -0.15) is 4.98 Å². The van der Waals surface area contributed by atoms with E-state index in [-0.39, 0.29) is 5.28 Å². The molecule has 1 aliphatic heterocycles. The fraction of sp³-hybridized carbons (Fsp3) is 0.556. The Morgan fingerprint density at radius 2 is 2.00 bits per heavy atom. The van der Waals surface area contributed by atoms with E-state index >= 15 is 0 Å². The van der Waals surface area contributed by atoms with Crippen LogP contribution in [0.15, 0.2) is 4.47 Å². The van der Waals surface area contributed by atoms with E-state index in [4.69, 9.17) is 16.3 Å². The molecule has 0 bridgehead atoms. The standard InChI is InChI=1S/C9H11BrClN3O/c1-6-7(10)8(13-9(11)12-6)14-2-4-15-5-3-14/h2-5H2,1H3. The molecule has 0 spiro atoms. The number of ether oxygens (including phenoxy) is 1. The van der Waals surface area contributed by atoms with Crippen LogP contribution in [-0.2, 0) is 4.74 Å². The molecule has 1 aromatic heterocycles. The van der Waals surface area contributed by atoms with E-state index in [0.29, 0.717) is 0 Å². The van der Waals surface area contributed by atoms with E-state index in [1.807, 2.05) is 6.92 Å². The number of halogens is 2. The lowest BCUT2D eigenvalue weighted by Gasteiger charge is -2.28. The molecule has 4 nitrogen and oxygen atoms in total. The van der Waals surface area contributed by atoms with Crippen LogP contribution in [0.4, 0.5) is 5.82 Å². The highest BCUT2D eigenvalue weighted by atomic mass is 79.9. The topological polar surface area (TPSA) is 38.2 Å². The number of morpholine rings is 1. The van der Waals surface area contributed by atoms with Gasteiger partial charge in [0.2, 0.25) is 5.28 Å². The number of nitrogens with zero attached hydrogens (tertiary/aromatic N) is 3. The lowest BCUT2D eigenvalue weighted by Crippen LogP contribution is -2.37. The molecule has 1 aliphatic rings. The molecule has 0 atom stereocenters. The zero-order valence-electron chi connectivity index (χ0n) is 8.33. The molecule has 0 N–H and O–H groups in total. The summed E-state index contributed by atoms with van der Waals surface area (Å²) in [5.74, 6) is 0.857. The van der Waals surface area contributed by atoms with Crippen molar-refractivity contribution in [3.63, 3.8) is 0 Å². The molecular weight excluding hydrogens is 281 g/mol. The summed E-state index contributed by atoms with van der Waals surface area (Å²) >= 11 is 9.32. The molecule has 0 aromatic carbocycles. The summed E-state index contributed by atoms with van der Waals surface area (Å²) in [5, 5.41) is 0.289. The van der Waals surface area contributed by atoms with Gasteiger partial charge >= 0.3 is 0 Å². The Morgan fingerprint density at radius 1 is 1.33 bits per heavy atom. The summed E-state index contributed by atoms with van der Waals surface area (Å²) in [6, 6.07) is 0. The largest absolute Gasteiger partial charge is 0.378 e. The molecule has 1 aromatic rings. The third kappa shape index (κ3) is 2.41. The van der Waals surface area contributed by atoms with Gasteiger partial charge in [-0.25, -0.2) is 4.98 Å². The quantitative estimate of drug-likeness (QED) is 0.743. The number of hydrogen-bond donors (Lipinski definition) is 0. The summed E-state index contributed by atoms with van der Waals surface area (Å²) in [4.78, 5) is 10.5. The van der Waals surface area contributed by atoms with Crippen LogP contribution in [0.3, 0.4) is 0 Å². The molecule has 82 valence electrons. The summed E-state index contributed by atoms with van der Waals surface area (Å²) in [7, 11) is 0. The Hall–Kier alpha value is -0.390. The molecule has 0 unspecified atom stereocenters. The third-order valence-corrected chi connectivity index (χ3v) is 3.38. The van der Waals surface area contributed by atoms with E-state index in [1.54, 1.807) is 0 Å². The van der Waals surface area contributed by atoms with Crippen LogP contribution in [0.1, 0.15) is 5.69 Å². The van der Waals surface area contributed by atoms with Crippen molar-refractivity contribution in [2.75, 3.05) is 31.2 Å². The predicted molar refractivity (Wildman–Crippen MR) is 62.5 cm³/mol. The molecule has 1 saturated heterocycles. The molecule has 0 amide bonds. The smallest absolute Gasteiger partial charge is 0.224 e. The maximum absolute atomic E-state index is 5.84. The van der Waals surface area contributed by atoms with Gasteiger partial charge in [0.15, 0.2) is 0 Å². The van der Waals surface area contributed by atoms with E-state index in [1.165, 1.54) is 0 Å². The minimum Gasteiger partial charge on any atom is -0.378 e. The van der Waals surface area contributed by atoms with Crippen LogP contribution < -0.4 is 4.90 Å². The van der Waals surface area contributed by atoms with Crippen LogP contribution in [0, 0.1) is 6.92 Å². The Morgan fingerprint density at radius 3 is 2.67 bits per heavy atom. The molecule has 0 radical (unpaired) electrons. The summed E-state index contributed by atoms with van der Waals surface area (Å²) < 4.78 is 6.20. The van der Waals surface area contributed by atoms with Crippen molar-refractivity contribution >= 4 is 33.3 Å². The highest BCUT2D eigenvalue weighted by Crippen LogP contribution is 2.28. The first-order valence-corrected chi connectivity index (χ1v) is 5.88. The number of aromatic nitrogens is 2. The van der Waals surface area contributed by atoms with Gasteiger partial charge in [-0.3, -0.25) is 0 Å². The van der Waals surface area contributed by atoms with Crippen LogP contribution in [0.2, 0.25) is 5.28 Å². The second-order valence-electron chi connectivity index (χ2n) is 3.32. The SMILES string of the molecule is Cc1nc(Cl)nc(N2CCOCC2)c1Br. The Kier molecular flexibility index (Phi) is 3.43. The molecule has 1 fully saturated rings. The molecule has 2 rings (SSSR count). The third-order valence-electron chi connectivity index (χ3n) is 2.28. The van der Waals surface area contributed by atoms with Gasteiger partial charge in [0.25, 0.3) is 0 Å². The fourth-order valence-corrected chi connectivity index (χ4v) is 2.13. The van der Waals surface area contributed by atoms with Crippen molar-refractivity contribution in [2.24, 2.45) is 0 Å². The van der Waals surface area contributed by atoms with Gasteiger partial charge in [-0.1, -0.05) is 0 Å². The fourth-order valence-electron chi connectivity index (χ4n) is 1.50. The normalized spacial score (nSPS) is 16.9.